The van der Waals surface area contributed by atoms with Gasteiger partial charge in [-0.2, -0.15) is 0 Å². The molecule has 0 saturated carbocycles. The first-order valence-corrected chi connectivity index (χ1v) is 9.72. The first-order valence-electron chi connectivity index (χ1n) is 9.72. The van der Waals surface area contributed by atoms with Gasteiger partial charge in [0.2, 0.25) is 5.91 Å². The summed E-state index contributed by atoms with van der Waals surface area (Å²) in [4.78, 5) is 17.7. The number of para-hydroxylation sites is 2. The Kier molecular flexibility index (Phi) is 5.73. The van der Waals surface area contributed by atoms with Gasteiger partial charge in [-0.15, -0.1) is 0 Å². The fourth-order valence-electron chi connectivity index (χ4n) is 3.57. The molecule has 4 rings (SSSR count). The molecule has 0 spiro atoms. The van der Waals surface area contributed by atoms with E-state index in [2.05, 4.69) is 45.7 Å². The zero-order chi connectivity index (χ0) is 19.2. The van der Waals surface area contributed by atoms with Crippen LogP contribution in [-0.2, 0) is 4.79 Å². The number of H-pyrrole nitrogens is 1. The highest BCUT2D eigenvalue weighted by Crippen LogP contribution is 2.28. The molecule has 0 atom stereocenters. The van der Waals surface area contributed by atoms with Crippen LogP contribution in [0.1, 0.15) is 12.0 Å². The molecule has 5 nitrogen and oxygen atoms in total. The smallest absolute Gasteiger partial charge is 0.234 e. The fourth-order valence-corrected chi connectivity index (χ4v) is 3.57. The number of aromatic nitrogens is 1. The van der Waals surface area contributed by atoms with Crippen LogP contribution in [0.15, 0.2) is 66.9 Å². The van der Waals surface area contributed by atoms with Crippen molar-refractivity contribution in [3.05, 3.63) is 72.4 Å². The molecule has 2 aromatic carbocycles. The zero-order valence-corrected chi connectivity index (χ0v) is 15.9. The molecule has 2 N–H and O–H groups in total. The van der Waals surface area contributed by atoms with E-state index in [-0.39, 0.29) is 5.91 Å². The minimum atomic E-state index is 0.0422. The van der Waals surface area contributed by atoms with E-state index < -0.39 is 0 Å². The molecular weight excluding hydrogens is 350 g/mol. The number of nitrogens with zero attached hydrogens (tertiary/aromatic N) is 1. The third-order valence-corrected chi connectivity index (χ3v) is 5.03. The number of carbonyl (C=O) groups excluding carboxylic acids is 1. The van der Waals surface area contributed by atoms with Gasteiger partial charge in [-0.3, -0.25) is 9.69 Å². The SMILES string of the molecule is O=C(CN1CC=C(c2c[nH]c3ccccc23)CC1)NCCOc1ccccc1. The Bertz CT molecular complexity index is 962. The fraction of sp³-hybridized carbons (Fsp3) is 0.261. The summed E-state index contributed by atoms with van der Waals surface area (Å²) in [6.07, 6.45) is 5.28. The highest BCUT2D eigenvalue weighted by molar-refractivity contribution is 5.92. The molecular formula is C23H25N3O2. The third kappa shape index (κ3) is 4.43. The molecule has 3 aromatic rings. The van der Waals surface area contributed by atoms with Crippen LogP contribution in [0.4, 0.5) is 0 Å². The number of amides is 1. The molecule has 5 heteroatoms. The summed E-state index contributed by atoms with van der Waals surface area (Å²) in [7, 11) is 0. The lowest BCUT2D eigenvalue weighted by molar-refractivity contribution is -0.122. The number of ether oxygens (including phenoxy) is 1. The second kappa shape index (κ2) is 8.76. The van der Waals surface area contributed by atoms with Gasteiger partial charge in [0.05, 0.1) is 13.1 Å². The Balaban J connectivity index is 1.23. The molecule has 0 saturated heterocycles. The van der Waals surface area contributed by atoms with E-state index in [1.807, 2.05) is 36.4 Å². The average Bonchev–Trinajstić information content (AvgIpc) is 3.17. The van der Waals surface area contributed by atoms with Gasteiger partial charge in [0.1, 0.15) is 12.4 Å². The number of fused-ring (bicyclic) bond motifs is 1. The third-order valence-electron chi connectivity index (χ3n) is 5.03. The van der Waals surface area contributed by atoms with Crippen LogP contribution >= 0.6 is 0 Å². The van der Waals surface area contributed by atoms with E-state index in [4.69, 9.17) is 4.74 Å². The van der Waals surface area contributed by atoms with Crippen molar-refractivity contribution < 1.29 is 9.53 Å². The number of hydrogen-bond acceptors (Lipinski definition) is 3. The summed E-state index contributed by atoms with van der Waals surface area (Å²) >= 11 is 0. The van der Waals surface area contributed by atoms with Crippen molar-refractivity contribution >= 4 is 22.4 Å². The van der Waals surface area contributed by atoms with Gasteiger partial charge in [-0.1, -0.05) is 42.5 Å². The Morgan fingerprint density at radius 3 is 2.75 bits per heavy atom. The summed E-state index contributed by atoms with van der Waals surface area (Å²) in [5, 5.41) is 4.19. The topological polar surface area (TPSA) is 57.4 Å². The van der Waals surface area contributed by atoms with Crippen molar-refractivity contribution in [2.45, 2.75) is 6.42 Å². The van der Waals surface area contributed by atoms with Crippen molar-refractivity contribution in [1.29, 1.82) is 0 Å². The first kappa shape index (κ1) is 18.3. The summed E-state index contributed by atoms with van der Waals surface area (Å²) in [5.41, 5.74) is 3.79. The molecule has 1 aliphatic rings. The van der Waals surface area contributed by atoms with Crippen molar-refractivity contribution in [2.75, 3.05) is 32.8 Å². The molecule has 0 unspecified atom stereocenters. The standard InChI is InChI=1S/C23H25N3O2/c27-23(24-12-15-28-19-6-2-1-3-7-19)17-26-13-10-18(11-14-26)21-16-25-22-9-5-4-8-20(21)22/h1-10,16,25H,11-15,17H2,(H,24,27). The lowest BCUT2D eigenvalue weighted by Crippen LogP contribution is -2.40. The number of nitrogens with one attached hydrogen (secondary N) is 2. The molecule has 1 aliphatic heterocycles. The van der Waals surface area contributed by atoms with Gasteiger partial charge in [0.15, 0.2) is 0 Å². The number of carbonyl (C=O) groups is 1. The highest BCUT2D eigenvalue weighted by Gasteiger charge is 2.17. The highest BCUT2D eigenvalue weighted by atomic mass is 16.5. The van der Waals surface area contributed by atoms with Crippen LogP contribution in [0.3, 0.4) is 0 Å². The van der Waals surface area contributed by atoms with E-state index in [0.717, 1.165) is 30.8 Å². The van der Waals surface area contributed by atoms with Gasteiger partial charge in [-0.05, 0) is 30.2 Å². The summed E-state index contributed by atoms with van der Waals surface area (Å²) in [5.74, 6) is 0.864. The maximum Gasteiger partial charge on any atom is 0.234 e. The van der Waals surface area contributed by atoms with E-state index >= 15 is 0 Å². The van der Waals surface area contributed by atoms with E-state index in [0.29, 0.717) is 19.7 Å². The van der Waals surface area contributed by atoms with Gasteiger partial charge in [0, 0.05) is 35.8 Å². The molecule has 0 radical (unpaired) electrons. The van der Waals surface area contributed by atoms with Gasteiger partial charge >= 0.3 is 0 Å². The lowest BCUT2D eigenvalue weighted by Gasteiger charge is -2.25. The summed E-state index contributed by atoms with van der Waals surface area (Å²) in [6, 6.07) is 18.0. The molecule has 0 bridgehead atoms. The number of benzene rings is 2. The predicted octanol–water partition coefficient (Wildman–Crippen LogP) is 3.45. The maximum atomic E-state index is 12.2. The van der Waals surface area contributed by atoms with E-state index in [1.165, 1.54) is 16.5 Å². The lowest BCUT2D eigenvalue weighted by atomic mass is 9.99. The van der Waals surface area contributed by atoms with Gasteiger partial charge in [0.25, 0.3) is 0 Å². The normalized spacial score (nSPS) is 14.6. The van der Waals surface area contributed by atoms with Gasteiger partial charge in [-0.25, -0.2) is 0 Å². The summed E-state index contributed by atoms with van der Waals surface area (Å²) in [6.45, 7) is 3.09. The quantitative estimate of drug-likeness (QED) is 0.622. The molecule has 1 amide bonds. The van der Waals surface area contributed by atoms with Crippen molar-refractivity contribution in [3.63, 3.8) is 0 Å². The van der Waals surface area contributed by atoms with Gasteiger partial charge < -0.3 is 15.0 Å². The molecule has 0 aliphatic carbocycles. The molecule has 2 heterocycles. The minimum absolute atomic E-state index is 0.0422. The maximum absolute atomic E-state index is 12.2. The Labute approximate surface area is 165 Å². The average molecular weight is 375 g/mol. The van der Waals surface area contributed by atoms with E-state index in [1.54, 1.807) is 0 Å². The second-order valence-electron chi connectivity index (χ2n) is 6.97. The van der Waals surface area contributed by atoms with Crippen molar-refractivity contribution in [2.24, 2.45) is 0 Å². The minimum Gasteiger partial charge on any atom is -0.492 e. The van der Waals surface area contributed by atoms with Crippen LogP contribution in [0.25, 0.3) is 16.5 Å². The summed E-state index contributed by atoms with van der Waals surface area (Å²) < 4.78 is 5.60. The molecule has 0 fully saturated rings. The monoisotopic (exact) mass is 375 g/mol. The van der Waals surface area contributed by atoms with Crippen LogP contribution in [0.5, 0.6) is 5.75 Å². The Morgan fingerprint density at radius 1 is 1.11 bits per heavy atom. The zero-order valence-electron chi connectivity index (χ0n) is 15.9. The van der Waals surface area contributed by atoms with Crippen molar-refractivity contribution in [1.82, 2.24) is 15.2 Å². The number of aromatic amines is 1. The second-order valence-corrected chi connectivity index (χ2v) is 6.97. The van der Waals surface area contributed by atoms with Crippen LogP contribution in [-0.4, -0.2) is 48.6 Å². The molecule has 28 heavy (non-hydrogen) atoms. The van der Waals surface area contributed by atoms with Crippen molar-refractivity contribution in [3.8, 4) is 5.75 Å². The van der Waals surface area contributed by atoms with E-state index in [9.17, 15) is 4.79 Å². The largest absolute Gasteiger partial charge is 0.492 e. The predicted molar refractivity (Wildman–Crippen MR) is 112 cm³/mol. The van der Waals surface area contributed by atoms with Crippen LogP contribution in [0.2, 0.25) is 0 Å². The Hall–Kier alpha value is -3.05. The Morgan fingerprint density at radius 2 is 1.93 bits per heavy atom. The number of hydrogen-bond donors (Lipinski definition) is 2. The molecule has 1 aromatic heterocycles. The first-order chi connectivity index (χ1) is 13.8. The van der Waals surface area contributed by atoms with Crippen LogP contribution < -0.4 is 10.1 Å². The molecule has 144 valence electrons. The van der Waals surface area contributed by atoms with Crippen LogP contribution in [0, 0.1) is 0 Å². The number of rotatable bonds is 7.